The van der Waals surface area contributed by atoms with Gasteiger partial charge in [0.1, 0.15) is 6.10 Å². The van der Waals surface area contributed by atoms with Gasteiger partial charge in [0.2, 0.25) is 5.91 Å². The number of amides is 1. The Kier molecular flexibility index (Phi) is 5.70. The molecule has 5 heteroatoms. The van der Waals surface area contributed by atoms with E-state index in [9.17, 15) is 4.79 Å². The molecular weight excluding hydrogens is 240 g/mol. The maximum Gasteiger partial charge on any atom is 0.249 e. The monoisotopic (exact) mass is 262 g/mol. The quantitative estimate of drug-likeness (QED) is 0.783. The Bertz CT molecular complexity index is 259. The zero-order valence-corrected chi connectivity index (χ0v) is 11.2. The van der Waals surface area contributed by atoms with Gasteiger partial charge in [-0.15, -0.1) is 12.4 Å². The van der Waals surface area contributed by atoms with E-state index in [-0.39, 0.29) is 36.6 Å². The normalized spacial score (nSPS) is 29.5. The van der Waals surface area contributed by atoms with Gasteiger partial charge < -0.3 is 15.8 Å². The van der Waals surface area contributed by atoms with Crippen LogP contribution in [-0.2, 0) is 9.53 Å². The minimum absolute atomic E-state index is 0. The minimum atomic E-state index is -0.239. The maximum absolute atomic E-state index is 11.8. The molecule has 0 aromatic carbocycles. The molecule has 0 aromatic rings. The third-order valence-electron chi connectivity index (χ3n) is 3.59. The van der Waals surface area contributed by atoms with Gasteiger partial charge in [-0.05, 0) is 38.0 Å². The third-order valence-corrected chi connectivity index (χ3v) is 3.59. The van der Waals surface area contributed by atoms with Gasteiger partial charge in [0.15, 0.2) is 0 Å². The third kappa shape index (κ3) is 4.12. The van der Waals surface area contributed by atoms with Crippen molar-refractivity contribution in [3.63, 3.8) is 0 Å². The molecule has 17 heavy (non-hydrogen) atoms. The predicted molar refractivity (Wildman–Crippen MR) is 69.1 cm³/mol. The van der Waals surface area contributed by atoms with Crippen molar-refractivity contribution in [3.8, 4) is 0 Å². The van der Waals surface area contributed by atoms with Crippen LogP contribution in [0.15, 0.2) is 0 Å². The molecule has 1 heterocycles. The van der Waals surface area contributed by atoms with E-state index in [1.807, 2.05) is 0 Å². The second kappa shape index (κ2) is 6.57. The van der Waals surface area contributed by atoms with Crippen LogP contribution in [-0.4, -0.2) is 30.7 Å². The van der Waals surface area contributed by atoms with Crippen LogP contribution in [0.25, 0.3) is 0 Å². The molecule has 1 saturated heterocycles. The summed E-state index contributed by atoms with van der Waals surface area (Å²) in [6, 6.07) is 0.132. The number of hydrogen-bond donors (Lipinski definition) is 2. The average Bonchev–Trinajstić information content (AvgIpc) is 3.03. The summed E-state index contributed by atoms with van der Waals surface area (Å²) >= 11 is 0. The van der Waals surface area contributed by atoms with E-state index in [2.05, 4.69) is 12.2 Å². The van der Waals surface area contributed by atoms with Crippen LogP contribution in [0.5, 0.6) is 0 Å². The highest BCUT2D eigenvalue weighted by Crippen LogP contribution is 2.31. The molecule has 4 nitrogen and oxygen atoms in total. The molecule has 0 spiro atoms. The summed E-state index contributed by atoms with van der Waals surface area (Å²) in [7, 11) is 0. The number of carbonyl (C=O) groups is 1. The summed E-state index contributed by atoms with van der Waals surface area (Å²) in [6.07, 6.45) is 5.31. The van der Waals surface area contributed by atoms with Gasteiger partial charge in [-0.1, -0.05) is 6.92 Å². The molecule has 0 bridgehead atoms. The van der Waals surface area contributed by atoms with Crippen molar-refractivity contribution in [2.24, 2.45) is 11.7 Å². The maximum atomic E-state index is 11.8. The van der Waals surface area contributed by atoms with E-state index in [0.717, 1.165) is 19.3 Å². The van der Waals surface area contributed by atoms with Crippen LogP contribution in [0.4, 0.5) is 0 Å². The van der Waals surface area contributed by atoms with Gasteiger partial charge in [-0.3, -0.25) is 4.79 Å². The predicted octanol–water partition coefficient (Wildman–Crippen LogP) is 1.22. The Balaban J connectivity index is 0.00000144. The van der Waals surface area contributed by atoms with Crippen LogP contribution >= 0.6 is 12.4 Å². The first-order valence-electron chi connectivity index (χ1n) is 6.39. The van der Waals surface area contributed by atoms with Gasteiger partial charge in [0.25, 0.3) is 0 Å². The van der Waals surface area contributed by atoms with Gasteiger partial charge >= 0.3 is 0 Å². The molecule has 1 amide bonds. The van der Waals surface area contributed by atoms with Crippen molar-refractivity contribution < 1.29 is 9.53 Å². The Hall–Kier alpha value is -0.320. The summed E-state index contributed by atoms with van der Waals surface area (Å²) in [5, 5.41) is 2.90. The van der Waals surface area contributed by atoms with Crippen molar-refractivity contribution in [2.45, 2.75) is 57.3 Å². The van der Waals surface area contributed by atoms with Crippen molar-refractivity contribution >= 4 is 18.3 Å². The highest BCUT2D eigenvalue weighted by Gasteiger charge is 2.32. The smallest absolute Gasteiger partial charge is 0.249 e. The molecule has 1 aliphatic carbocycles. The van der Waals surface area contributed by atoms with Crippen LogP contribution in [0, 0.1) is 5.92 Å². The van der Waals surface area contributed by atoms with E-state index in [0.29, 0.717) is 12.5 Å². The van der Waals surface area contributed by atoms with Crippen molar-refractivity contribution in [1.29, 1.82) is 0 Å². The highest BCUT2D eigenvalue weighted by atomic mass is 35.5. The van der Waals surface area contributed by atoms with Crippen molar-refractivity contribution in [3.05, 3.63) is 0 Å². The Morgan fingerprint density at radius 3 is 2.65 bits per heavy atom. The summed E-state index contributed by atoms with van der Waals surface area (Å²) in [4.78, 5) is 11.8. The summed E-state index contributed by atoms with van der Waals surface area (Å²) < 4.78 is 5.63. The topological polar surface area (TPSA) is 64.4 Å². The van der Waals surface area contributed by atoms with E-state index >= 15 is 0 Å². The van der Waals surface area contributed by atoms with Crippen molar-refractivity contribution in [1.82, 2.24) is 5.32 Å². The number of ether oxygens (including phenoxy) is 1. The zero-order valence-electron chi connectivity index (χ0n) is 10.4. The number of rotatable bonds is 5. The highest BCUT2D eigenvalue weighted by molar-refractivity contribution is 5.85. The number of nitrogens with one attached hydrogen (secondary N) is 1. The number of nitrogens with two attached hydrogens (primary N) is 1. The lowest BCUT2D eigenvalue weighted by molar-refractivity contribution is -0.132. The lowest BCUT2D eigenvalue weighted by Gasteiger charge is -2.15. The summed E-state index contributed by atoms with van der Waals surface area (Å²) in [5.74, 6) is 0.653. The van der Waals surface area contributed by atoms with E-state index in [1.165, 1.54) is 12.8 Å². The second-order valence-electron chi connectivity index (χ2n) is 4.98. The lowest BCUT2D eigenvalue weighted by atomic mass is 10.1. The molecule has 2 rings (SSSR count). The first-order chi connectivity index (χ1) is 7.70. The SMILES string of the molecule is CCC1CCC(C(=O)NCC(N)C2CC2)O1.Cl. The van der Waals surface area contributed by atoms with Crippen LogP contribution in [0.1, 0.15) is 39.0 Å². The summed E-state index contributed by atoms with van der Waals surface area (Å²) in [5.41, 5.74) is 5.92. The standard InChI is InChI=1S/C12H22N2O2.ClH/c1-2-9-5-6-11(16-9)12(15)14-7-10(13)8-3-4-8;/h8-11H,2-7,13H2,1H3,(H,14,15);1H. The fraction of sp³-hybridized carbons (Fsp3) is 0.917. The fourth-order valence-corrected chi connectivity index (χ4v) is 2.22. The zero-order chi connectivity index (χ0) is 11.5. The average molecular weight is 263 g/mol. The van der Waals surface area contributed by atoms with E-state index in [4.69, 9.17) is 10.5 Å². The molecule has 100 valence electrons. The molecule has 3 N–H and O–H groups in total. The van der Waals surface area contributed by atoms with Gasteiger partial charge in [-0.25, -0.2) is 0 Å². The molecular formula is C12H23ClN2O2. The molecule has 0 radical (unpaired) electrons. The van der Waals surface area contributed by atoms with E-state index < -0.39 is 0 Å². The van der Waals surface area contributed by atoms with Crippen LogP contribution < -0.4 is 11.1 Å². The van der Waals surface area contributed by atoms with Gasteiger partial charge in [-0.2, -0.15) is 0 Å². The Labute approximate surface area is 109 Å². The fourth-order valence-electron chi connectivity index (χ4n) is 2.22. The molecule has 2 aliphatic rings. The van der Waals surface area contributed by atoms with E-state index in [1.54, 1.807) is 0 Å². The molecule has 3 atom stereocenters. The molecule has 1 saturated carbocycles. The second-order valence-corrected chi connectivity index (χ2v) is 4.98. The Morgan fingerprint density at radius 2 is 2.12 bits per heavy atom. The molecule has 0 aromatic heterocycles. The number of carbonyl (C=O) groups excluding carboxylic acids is 1. The van der Waals surface area contributed by atoms with Gasteiger partial charge in [0.05, 0.1) is 6.10 Å². The first kappa shape index (κ1) is 14.7. The van der Waals surface area contributed by atoms with Crippen molar-refractivity contribution in [2.75, 3.05) is 6.54 Å². The van der Waals surface area contributed by atoms with Crippen LogP contribution in [0.3, 0.4) is 0 Å². The molecule has 3 unspecified atom stereocenters. The number of hydrogen-bond acceptors (Lipinski definition) is 3. The largest absolute Gasteiger partial charge is 0.365 e. The van der Waals surface area contributed by atoms with Gasteiger partial charge in [0, 0.05) is 12.6 Å². The minimum Gasteiger partial charge on any atom is -0.365 e. The first-order valence-corrected chi connectivity index (χ1v) is 6.39. The molecule has 2 fully saturated rings. The lowest BCUT2D eigenvalue weighted by Crippen LogP contribution is -2.42. The summed E-state index contributed by atoms with van der Waals surface area (Å²) in [6.45, 7) is 2.69. The number of halogens is 1. The van der Waals surface area contributed by atoms with Crippen LogP contribution in [0.2, 0.25) is 0 Å². The Morgan fingerprint density at radius 1 is 1.41 bits per heavy atom. The molecule has 1 aliphatic heterocycles.